The number of aryl methyl sites for hydroxylation is 2. The number of fused-ring (bicyclic) bond motifs is 2. The summed E-state index contributed by atoms with van der Waals surface area (Å²) in [4.78, 5) is 64.3. The predicted octanol–water partition coefficient (Wildman–Crippen LogP) is 7.95. The number of hydrogen-bond acceptors (Lipinski definition) is 12. The van der Waals surface area contributed by atoms with Crippen LogP contribution in [0.15, 0.2) is 114 Å². The number of ether oxygens (including phenoxy) is 4. The Morgan fingerprint density at radius 3 is 1.92 bits per heavy atom. The molecule has 0 fully saturated rings. The van der Waals surface area contributed by atoms with E-state index in [1.807, 2.05) is 18.2 Å². The van der Waals surface area contributed by atoms with Crippen LogP contribution in [0.4, 0.5) is 23.1 Å². The molecule has 18 heteroatoms. The lowest BCUT2D eigenvalue weighted by Gasteiger charge is -2.17. The van der Waals surface area contributed by atoms with E-state index in [9.17, 15) is 19.2 Å². The second-order valence-corrected chi connectivity index (χ2v) is 14.5. The van der Waals surface area contributed by atoms with E-state index in [2.05, 4.69) is 38.7 Å². The van der Waals surface area contributed by atoms with Crippen LogP contribution in [0.25, 0.3) is 44.2 Å². The third kappa shape index (κ3) is 9.23. The lowest BCUT2D eigenvalue weighted by atomic mass is 10.0. The quantitative estimate of drug-likeness (QED) is 0.113. The van der Waals surface area contributed by atoms with Gasteiger partial charge >= 0.3 is 0 Å². The molecule has 0 radical (unpaired) electrons. The molecule has 7 aromatic rings. The van der Waals surface area contributed by atoms with Crippen molar-refractivity contribution in [3.63, 3.8) is 0 Å². The molecular weight excluding hydrogens is 863 g/mol. The number of carbonyl (C=O) groups excluding carboxylic acids is 2. The van der Waals surface area contributed by atoms with Gasteiger partial charge in [-0.3, -0.25) is 28.6 Å². The Balaban J connectivity index is 0.000000214. The Labute approximate surface area is 376 Å². The molecular formula is C46H42Cl2N8O8. The van der Waals surface area contributed by atoms with Gasteiger partial charge in [0.05, 0.1) is 60.9 Å². The van der Waals surface area contributed by atoms with Crippen LogP contribution >= 0.6 is 23.2 Å². The Morgan fingerprint density at radius 2 is 1.33 bits per heavy atom. The van der Waals surface area contributed by atoms with Gasteiger partial charge in [0.25, 0.3) is 17.0 Å². The molecule has 3 aromatic carbocycles. The highest BCUT2D eigenvalue weighted by Gasteiger charge is 2.23. The second kappa shape index (κ2) is 19.6. The zero-order chi connectivity index (χ0) is 46.4. The zero-order valence-corrected chi connectivity index (χ0v) is 37.3. The maximum absolute atomic E-state index is 13.2. The number of nitrogens with zero attached hydrogens (tertiary/aromatic N) is 6. The number of likely N-dealkylation sites (N-methyl/N-ethyl adjacent to an activating group) is 1. The predicted molar refractivity (Wildman–Crippen MR) is 251 cm³/mol. The van der Waals surface area contributed by atoms with E-state index in [4.69, 9.17) is 42.1 Å². The van der Waals surface area contributed by atoms with Crippen molar-refractivity contribution in [3.8, 4) is 45.3 Å². The topological polar surface area (TPSA) is 181 Å². The highest BCUT2D eigenvalue weighted by Crippen LogP contribution is 2.45. The maximum atomic E-state index is 13.2. The summed E-state index contributed by atoms with van der Waals surface area (Å²) in [7, 11) is 10.8. The largest absolute Gasteiger partial charge is 0.497 e. The lowest BCUT2D eigenvalue weighted by Crippen LogP contribution is -2.27. The minimum atomic E-state index is -0.399. The molecule has 64 heavy (non-hydrogen) atoms. The van der Waals surface area contributed by atoms with Crippen molar-refractivity contribution in [2.24, 2.45) is 14.1 Å². The number of hydrogen-bond donors (Lipinski definition) is 2. The Hall–Kier alpha value is -7.69. The molecule has 0 aliphatic carbocycles. The van der Waals surface area contributed by atoms with Crippen molar-refractivity contribution >= 4 is 80.1 Å². The monoisotopic (exact) mass is 904 g/mol. The smallest absolute Gasteiger partial charge is 0.259 e. The van der Waals surface area contributed by atoms with E-state index in [1.54, 1.807) is 87.6 Å². The molecule has 0 saturated carbocycles. The zero-order valence-electron chi connectivity index (χ0n) is 35.8. The molecule has 0 saturated heterocycles. The first-order chi connectivity index (χ1) is 30.7. The van der Waals surface area contributed by atoms with Crippen LogP contribution in [0, 0.1) is 0 Å². The average Bonchev–Trinajstić information content (AvgIpc) is 3.31. The van der Waals surface area contributed by atoms with Gasteiger partial charge in [0.15, 0.2) is 0 Å². The van der Waals surface area contributed by atoms with Crippen molar-refractivity contribution in [1.29, 1.82) is 0 Å². The molecule has 2 amide bonds. The van der Waals surface area contributed by atoms with Crippen molar-refractivity contribution in [1.82, 2.24) is 24.1 Å². The number of halogens is 2. The first-order valence-electron chi connectivity index (χ1n) is 19.1. The van der Waals surface area contributed by atoms with Crippen molar-refractivity contribution < 1.29 is 28.5 Å². The van der Waals surface area contributed by atoms with Crippen LogP contribution in [0.3, 0.4) is 0 Å². The summed E-state index contributed by atoms with van der Waals surface area (Å²) in [5, 5.41) is 7.65. The molecule has 4 aromatic heterocycles. The molecule has 7 rings (SSSR count). The fraction of sp³-hybridized carbons (Fsp3) is 0.152. The van der Waals surface area contributed by atoms with Crippen LogP contribution in [0.2, 0.25) is 10.0 Å². The summed E-state index contributed by atoms with van der Waals surface area (Å²) in [5.41, 5.74) is 3.42. The SMILES string of the molecule is C=CC(=O)N(C)c1ncc2cc(-c3c(Cl)c(OC)cc(OC)c3Cl)c(=O)n(C)c2n1.C=CC(=O)Nc1ccccc1Nc1cc2c(cn1)cc(-c1cc(OC)cc(OC)c1)c(=O)n2C. The minimum absolute atomic E-state index is 0.134. The van der Waals surface area contributed by atoms with E-state index in [0.717, 1.165) is 11.5 Å². The van der Waals surface area contributed by atoms with E-state index in [0.29, 0.717) is 67.9 Å². The standard InChI is InChI=1S/C26H24N4O4.C20H18Cl2N4O4/c1-5-25(31)29-22-9-7-6-8-21(22)28-24-14-23-17(15-27-24)12-20(26(32)30(23)2)16-10-18(33-3)13-19(11-16)34-4;1-6-14(27)25(2)20-23-9-10-7-11(19(28)26(3)18(10)24-20)15-16(21)12(29-4)8-13(30-5)17(15)22/h5-15H,1H2,2-4H3,(H,27,28)(H,29,31);6-9H,1H2,2-5H3. The number of methoxy groups -OCH3 is 4. The van der Waals surface area contributed by atoms with Crippen molar-refractivity contribution in [2.45, 2.75) is 0 Å². The number of anilines is 4. The van der Waals surface area contributed by atoms with Crippen LogP contribution in [-0.4, -0.2) is 71.4 Å². The Morgan fingerprint density at radius 1 is 0.734 bits per heavy atom. The van der Waals surface area contributed by atoms with E-state index < -0.39 is 5.56 Å². The number of para-hydroxylation sites is 2. The molecule has 0 aliphatic rings. The second-order valence-electron chi connectivity index (χ2n) is 13.8. The molecule has 2 N–H and O–H groups in total. The van der Waals surface area contributed by atoms with E-state index >= 15 is 0 Å². The highest BCUT2D eigenvalue weighted by molar-refractivity contribution is 6.41. The molecule has 328 valence electrons. The Kier molecular flexibility index (Phi) is 14.0. The fourth-order valence-electron chi connectivity index (χ4n) is 6.56. The summed E-state index contributed by atoms with van der Waals surface area (Å²) < 4.78 is 24.2. The summed E-state index contributed by atoms with van der Waals surface area (Å²) in [5.74, 6) is 1.78. The number of benzene rings is 3. The summed E-state index contributed by atoms with van der Waals surface area (Å²) in [6.45, 7) is 6.92. The highest BCUT2D eigenvalue weighted by atomic mass is 35.5. The number of carbonyl (C=O) groups is 2. The van der Waals surface area contributed by atoms with Gasteiger partial charge in [0, 0.05) is 73.6 Å². The summed E-state index contributed by atoms with van der Waals surface area (Å²) >= 11 is 12.9. The normalized spacial score (nSPS) is 10.6. The molecule has 4 heterocycles. The number of aromatic nitrogens is 5. The van der Waals surface area contributed by atoms with Crippen LogP contribution in [0.5, 0.6) is 23.0 Å². The van der Waals surface area contributed by atoms with Gasteiger partial charge < -0.3 is 34.1 Å². The van der Waals surface area contributed by atoms with E-state index in [1.165, 1.54) is 43.0 Å². The number of rotatable bonds is 12. The first kappa shape index (κ1) is 45.8. The number of nitrogens with one attached hydrogen (secondary N) is 2. The van der Waals surface area contributed by atoms with Gasteiger partial charge in [0.1, 0.15) is 34.5 Å². The molecule has 0 bridgehead atoms. The average molecular weight is 906 g/mol. The van der Waals surface area contributed by atoms with Gasteiger partial charge in [-0.15, -0.1) is 0 Å². The number of pyridine rings is 3. The van der Waals surface area contributed by atoms with E-state index in [-0.39, 0.29) is 44.5 Å². The molecule has 0 spiro atoms. The number of amides is 2. The van der Waals surface area contributed by atoms with Gasteiger partial charge in [-0.05, 0) is 54.1 Å². The van der Waals surface area contributed by atoms with Crippen molar-refractivity contribution in [2.75, 3.05) is 51.0 Å². The van der Waals surface area contributed by atoms with Crippen LogP contribution in [0.1, 0.15) is 0 Å². The van der Waals surface area contributed by atoms with Crippen LogP contribution in [-0.2, 0) is 23.7 Å². The Bertz CT molecular complexity index is 3060. The maximum Gasteiger partial charge on any atom is 0.259 e. The van der Waals surface area contributed by atoms with Gasteiger partial charge in [-0.1, -0.05) is 48.5 Å². The third-order valence-electron chi connectivity index (χ3n) is 9.99. The lowest BCUT2D eigenvalue weighted by molar-refractivity contribution is -0.114. The van der Waals surface area contributed by atoms with Gasteiger partial charge in [-0.25, -0.2) is 9.97 Å². The molecule has 0 unspecified atom stereocenters. The molecule has 16 nitrogen and oxygen atoms in total. The first-order valence-corrected chi connectivity index (χ1v) is 19.8. The molecule has 0 aliphatic heterocycles. The molecule has 0 atom stereocenters. The minimum Gasteiger partial charge on any atom is -0.497 e. The van der Waals surface area contributed by atoms with Crippen molar-refractivity contribution in [3.05, 3.63) is 135 Å². The fourth-order valence-corrected chi connectivity index (χ4v) is 7.27. The van der Waals surface area contributed by atoms with Gasteiger partial charge in [0.2, 0.25) is 11.9 Å². The summed E-state index contributed by atoms with van der Waals surface area (Å²) in [6, 6.07) is 19.3. The summed E-state index contributed by atoms with van der Waals surface area (Å²) in [6.07, 6.45) is 5.56. The third-order valence-corrected chi connectivity index (χ3v) is 10.7. The van der Waals surface area contributed by atoms with Gasteiger partial charge in [-0.2, -0.15) is 4.98 Å². The van der Waals surface area contributed by atoms with Crippen LogP contribution < -0.4 is 45.6 Å².